The lowest BCUT2D eigenvalue weighted by molar-refractivity contribution is 0.177. The number of amides is 2. The number of nitrogens with one attached hydrogen (secondary N) is 2. The number of urea groups is 1. The Morgan fingerprint density at radius 2 is 1.77 bits per heavy atom. The van der Waals surface area contributed by atoms with Crippen LogP contribution in [0.5, 0.6) is 11.5 Å². The smallest absolute Gasteiger partial charge is 0.317 e. The van der Waals surface area contributed by atoms with Crippen molar-refractivity contribution in [1.29, 1.82) is 0 Å². The van der Waals surface area contributed by atoms with Crippen LogP contribution in [0, 0.1) is 0 Å². The molecule has 26 heavy (non-hydrogen) atoms. The van der Waals surface area contributed by atoms with Crippen LogP contribution in [-0.2, 0) is 16.4 Å². The summed E-state index contributed by atoms with van der Waals surface area (Å²) in [6.07, 6.45) is -0.0282. The van der Waals surface area contributed by atoms with Crippen LogP contribution in [0.2, 0.25) is 0 Å². The van der Waals surface area contributed by atoms with E-state index in [1.807, 2.05) is 0 Å². The first kappa shape index (κ1) is 19.5. The summed E-state index contributed by atoms with van der Waals surface area (Å²) in [6, 6.07) is 11.9. The van der Waals surface area contributed by atoms with Crippen molar-refractivity contribution < 1.29 is 23.1 Å². The number of phenolic OH excluding ortho intramolecular Hbond substituents is 1. The molecule has 0 bridgehead atoms. The molecule has 0 spiro atoms. The average molecular weight is 379 g/mol. The fourth-order valence-corrected chi connectivity index (χ4v) is 2.68. The predicted molar refractivity (Wildman–Crippen MR) is 96.3 cm³/mol. The molecular weight excluding hydrogens is 358 g/mol. The van der Waals surface area contributed by atoms with Crippen LogP contribution in [0.4, 0.5) is 4.79 Å². The molecule has 1 unspecified atom stereocenters. The van der Waals surface area contributed by atoms with E-state index in [0.29, 0.717) is 18.7 Å². The number of carbonyl (C=O) groups is 1. The van der Waals surface area contributed by atoms with E-state index in [1.54, 1.807) is 31.2 Å². The van der Waals surface area contributed by atoms with Crippen molar-refractivity contribution >= 4 is 16.1 Å². The van der Waals surface area contributed by atoms with Gasteiger partial charge in [0.05, 0.1) is 4.90 Å². The van der Waals surface area contributed by atoms with E-state index in [2.05, 4.69) is 10.6 Å². The maximum atomic E-state index is 11.8. The number of rotatable bonds is 7. The number of aromatic hydroxyl groups is 1. The monoisotopic (exact) mass is 379 g/mol. The Labute approximate surface area is 152 Å². The fourth-order valence-electron chi connectivity index (χ4n) is 2.16. The molecule has 9 heteroatoms. The Morgan fingerprint density at radius 3 is 2.35 bits per heavy atom. The van der Waals surface area contributed by atoms with Crippen LogP contribution in [-0.4, -0.2) is 32.3 Å². The van der Waals surface area contributed by atoms with Crippen molar-refractivity contribution in [2.24, 2.45) is 5.14 Å². The van der Waals surface area contributed by atoms with Gasteiger partial charge in [-0.15, -0.1) is 0 Å². The number of primary sulfonamides is 1. The van der Waals surface area contributed by atoms with Crippen molar-refractivity contribution in [3.63, 3.8) is 0 Å². The van der Waals surface area contributed by atoms with Gasteiger partial charge in [0, 0.05) is 6.54 Å². The molecule has 2 aromatic rings. The lowest BCUT2D eigenvalue weighted by atomic mass is 10.1. The second kappa shape index (κ2) is 8.54. The summed E-state index contributed by atoms with van der Waals surface area (Å²) < 4.78 is 27.9. The Kier molecular flexibility index (Phi) is 6.42. The summed E-state index contributed by atoms with van der Waals surface area (Å²) in [4.78, 5) is 11.9. The number of benzene rings is 2. The van der Waals surface area contributed by atoms with E-state index in [4.69, 9.17) is 9.88 Å². The van der Waals surface area contributed by atoms with Gasteiger partial charge < -0.3 is 20.5 Å². The minimum Gasteiger partial charge on any atom is -0.508 e. The van der Waals surface area contributed by atoms with E-state index in [0.717, 1.165) is 5.56 Å². The van der Waals surface area contributed by atoms with Gasteiger partial charge in [-0.1, -0.05) is 12.1 Å². The molecule has 2 amide bonds. The number of hydrogen-bond acceptors (Lipinski definition) is 5. The third-order valence-electron chi connectivity index (χ3n) is 3.44. The molecule has 1 atom stereocenters. The predicted octanol–water partition coefficient (Wildman–Crippen LogP) is 1.31. The van der Waals surface area contributed by atoms with E-state index >= 15 is 0 Å². The lowest BCUT2D eigenvalue weighted by Gasteiger charge is -2.16. The number of hydrogen-bond donors (Lipinski definition) is 4. The van der Waals surface area contributed by atoms with Crippen molar-refractivity contribution in [2.75, 3.05) is 6.54 Å². The molecule has 0 aliphatic rings. The van der Waals surface area contributed by atoms with Gasteiger partial charge in [0.15, 0.2) is 6.23 Å². The number of phenols is 1. The minimum absolute atomic E-state index is 0.0483. The van der Waals surface area contributed by atoms with Crippen LogP contribution >= 0.6 is 0 Å². The third-order valence-corrected chi connectivity index (χ3v) is 4.36. The molecule has 0 heterocycles. The molecule has 8 nitrogen and oxygen atoms in total. The second-order valence-corrected chi connectivity index (χ2v) is 7.15. The quantitative estimate of drug-likeness (QED) is 0.539. The largest absolute Gasteiger partial charge is 0.508 e. The molecule has 0 aliphatic heterocycles. The Bertz CT molecular complexity index is 836. The van der Waals surface area contributed by atoms with Gasteiger partial charge in [-0.25, -0.2) is 18.4 Å². The highest BCUT2D eigenvalue weighted by atomic mass is 32.2. The highest BCUT2D eigenvalue weighted by Crippen LogP contribution is 2.16. The zero-order valence-electron chi connectivity index (χ0n) is 14.2. The molecule has 2 aromatic carbocycles. The fraction of sp³-hybridized carbons (Fsp3) is 0.235. The van der Waals surface area contributed by atoms with Crippen molar-refractivity contribution in [2.45, 2.75) is 24.5 Å². The van der Waals surface area contributed by atoms with Gasteiger partial charge in [-0.05, 0) is 55.3 Å². The first-order valence-electron chi connectivity index (χ1n) is 7.86. The minimum atomic E-state index is -3.70. The zero-order valence-corrected chi connectivity index (χ0v) is 15.0. The van der Waals surface area contributed by atoms with Crippen LogP contribution in [0.3, 0.4) is 0 Å². The Hall–Kier alpha value is -2.78. The molecule has 0 saturated carbocycles. The van der Waals surface area contributed by atoms with E-state index in [1.165, 1.54) is 24.3 Å². The van der Waals surface area contributed by atoms with E-state index in [9.17, 15) is 18.3 Å². The van der Waals surface area contributed by atoms with Gasteiger partial charge in [0.25, 0.3) is 0 Å². The van der Waals surface area contributed by atoms with Crippen molar-refractivity contribution in [1.82, 2.24) is 10.6 Å². The summed E-state index contributed by atoms with van der Waals surface area (Å²) in [6.45, 7) is 2.05. The van der Waals surface area contributed by atoms with Crippen LogP contribution in [0.25, 0.3) is 0 Å². The molecule has 0 aliphatic carbocycles. The second-order valence-electron chi connectivity index (χ2n) is 5.59. The van der Waals surface area contributed by atoms with E-state index < -0.39 is 22.3 Å². The maximum absolute atomic E-state index is 11.8. The van der Waals surface area contributed by atoms with Crippen LogP contribution < -0.4 is 20.5 Å². The molecule has 0 fully saturated rings. The van der Waals surface area contributed by atoms with Gasteiger partial charge in [0.1, 0.15) is 11.5 Å². The summed E-state index contributed by atoms with van der Waals surface area (Å²) in [7, 11) is -3.70. The molecule has 2 rings (SSSR count). The average Bonchev–Trinajstić information content (AvgIpc) is 2.56. The summed E-state index contributed by atoms with van der Waals surface area (Å²) in [5, 5.41) is 19.6. The number of sulfonamides is 1. The first-order chi connectivity index (χ1) is 12.2. The molecule has 5 N–H and O–H groups in total. The number of nitrogens with two attached hydrogens (primary N) is 1. The van der Waals surface area contributed by atoms with E-state index in [-0.39, 0.29) is 10.6 Å². The summed E-state index contributed by atoms with van der Waals surface area (Å²) in [5.41, 5.74) is 0.867. The molecule has 0 saturated heterocycles. The van der Waals surface area contributed by atoms with Gasteiger partial charge >= 0.3 is 6.03 Å². The Balaban J connectivity index is 1.73. The highest BCUT2D eigenvalue weighted by Gasteiger charge is 2.09. The molecular formula is C17H21N3O5S. The summed E-state index contributed by atoms with van der Waals surface area (Å²) in [5.74, 6) is 0.651. The molecule has 0 radical (unpaired) electrons. The lowest BCUT2D eigenvalue weighted by Crippen LogP contribution is -2.43. The maximum Gasteiger partial charge on any atom is 0.317 e. The van der Waals surface area contributed by atoms with Crippen molar-refractivity contribution in [3.05, 3.63) is 54.1 Å². The van der Waals surface area contributed by atoms with Crippen LogP contribution in [0.15, 0.2) is 53.4 Å². The van der Waals surface area contributed by atoms with Crippen LogP contribution in [0.1, 0.15) is 12.5 Å². The highest BCUT2D eigenvalue weighted by molar-refractivity contribution is 7.89. The summed E-state index contributed by atoms with van der Waals surface area (Å²) >= 11 is 0. The number of ether oxygens (including phenoxy) is 1. The standard InChI is InChI=1S/C17H21N3O5S/c1-12(25-15-6-4-14(21)5-7-15)20-17(22)19-11-10-13-2-8-16(9-3-13)26(18,23)24/h2-9,12,21H,10-11H2,1H3,(H2,18,23,24)(H2,19,20,22). The van der Waals surface area contributed by atoms with Gasteiger partial charge in [0.2, 0.25) is 10.0 Å². The van der Waals surface area contributed by atoms with Gasteiger partial charge in [-0.2, -0.15) is 0 Å². The normalized spacial score (nSPS) is 12.2. The topological polar surface area (TPSA) is 131 Å². The zero-order chi connectivity index (χ0) is 19.2. The van der Waals surface area contributed by atoms with Gasteiger partial charge in [-0.3, -0.25) is 0 Å². The number of carbonyl (C=O) groups excluding carboxylic acids is 1. The molecule has 0 aromatic heterocycles. The first-order valence-corrected chi connectivity index (χ1v) is 9.40. The SMILES string of the molecule is CC(NC(=O)NCCc1ccc(S(N)(=O)=O)cc1)Oc1ccc(O)cc1. The Morgan fingerprint density at radius 1 is 1.15 bits per heavy atom. The molecule has 140 valence electrons. The third kappa shape index (κ3) is 6.26. The van der Waals surface area contributed by atoms with Crippen molar-refractivity contribution in [3.8, 4) is 11.5 Å².